The van der Waals surface area contributed by atoms with E-state index < -0.39 is 17.7 Å². The fourth-order valence-corrected chi connectivity index (χ4v) is 1.56. The number of anilines is 1. The van der Waals surface area contributed by atoms with Crippen LogP contribution in [0.1, 0.15) is 5.56 Å². The van der Waals surface area contributed by atoms with Crippen LogP contribution in [0.5, 0.6) is 0 Å². The number of aryl methyl sites for hydroxylation is 1. The van der Waals surface area contributed by atoms with Crippen LogP contribution in [0.3, 0.4) is 0 Å². The minimum Gasteiger partial charge on any atom is -0.478 e. The summed E-state index contributed by atoms with van der Waals surface area (Å²) in [5.74, 6) is -2.36. The topological polar surface area (TPSA) is 66.4 Å². The second-order valence-corrected chi connectivity index (χ2v) is 4.10. The molecule has 0 saturated carbocycles. The summed E-state index contributed by atoms with van der Waals surface area (Å²) in [4.78, 5) is 21.5. The third-order valence-electron chi connectivity index (χ3n) is 1.90. The van der Waals surface area contributed by atoms with Crippen molar-refractivity contribution in [1.82, 2.24) is 0 Å². The van der Waals surface area contributed by atoms with E-state index in [-0.39, 0.29) is 0 Å². The second kappa shape index (κ2) is 5.58. The van der Waals surface area contributed by atoms with Crippen LogP contribution in [0, 0.1) is 12.7 Å². The highest BCUT2D eigenvalue weighted by Gasteiger charge is 2.07. The molecule has 17 heavy (non-hydrogen) atoms. The number of carbonyl (C=O) groups is 2. The van der Waals surface area contributed by atoms with Crippen molar-refractivity contribution in [3.8, 4) is 0 Å². The molecule has 4 nitrogen and oxygen atoms in total. The number of amides is 1. The molecule has 6 heteroatoms. The standard InChI is InChI=1S/C11H9BrFNO3/c1-6-4-7(12)8(13)5-9(6)14-10(15)2-3-11(16)17/h2-5H,1H3,(H,14,15)(H,16,17)/b3-2+. The average molecular weight is 302 g/mol. The van der Waals surface area contributed by atoms with E-state index in [1.54, 1.807) is 6.92 Å². The molecule has 2 N–H and O–H groups in total. The van der Waals surface area contributed by atoms with E-state index in [0.717, 1.165) is 12.1 Å². The molecule has 0 atom stereocenters. The van der Waals surface area contributed by atoms with Crippen molar-refractivity contribution >= 4 is 33.5 Å². The normalized spacial score (nSPS) is 10.5. The number of rotatable bonds is 3. The van der Waals surface area contributed by atoms with Crippen LogP contribution < -0.4 is 5.32 Å². The average Bonchev–Trinajstić information content (AvgIpc) is 2.23. The lowest BCUT2D eigenvalue weighted by atomic mass is 10.2. The highest BCUT2D eigenvalue weighted by molar-refractivity contribution is 9.10. The van der Waals surface area contributed by atoms with Crippen molar-refractivity contribution in [3.05, 3.63) is 40.1 Å². The highest BCUT2D eigenvalue weighted by atomic mass is 79.9. The van der Waals surface area contributed by atoms with Crippen molar-refractivity contribution in [2.24, 2.45) is 0 Å². The smallest absolute Gasteiger partial charge is 0.328 e. The first-order chi connectivity index (χ1) is 7.90. The van der Waals surface area contributed by atoms with Crippen LogP contribution in [0.15, 0.2) is 28.8 Å². The molecule has 1 aromatic rings. The number of hydrogen-bond acceptors (Lipinski definition) is 2. The Morgan fingerprint density at radius 2 is 2.06 bits per heavy atom. The van der Waals surface area contributed by atoms with Crippen LogP contribution in [0.2, 0.25) is 0 Å². The third kappa shape index (κ3) is 3.99. The van der Waals surface area contributed by atoms with Gasteiger partial charge < -0.3 is 10.4 Å². The van der Waals surface area contributed by atoms with Gasteiger partial charge in [0, 0.05) is 17.8 Å². The summed E-state index contributed by atoms with van der Waals surface area (Å²) in [7, 11) is 0. The zero-order valence-electron chi connectivity index (χ0n) is 8.83. The lowest BCUT2D eigenvalue weighted by molar-refractivity contribution is -0.131. The van der Waals surface area contributed by atoms with Crippen LogP contribution in [0.25, 0.3) is 0 Å². The minimum absolute atomic E-state index is 0.297. The lowest BCUT2D eigenvalue weighted by Crippen LogP contribution is -2.10. The largest absolute Gasteiger partial charge is 0.478 e. The number of nitrogens with one attached hydrogen (secondary N) is 1. The lowest BCUT2D eigenvalue weighted by Gasteiger charge is -2.07. The van der Waals surface area contributed by atoms with Gasteiger partial charge in [-0.3, -0.25) is 4.79 Å². The molecular weight excluding hydrogens is 293 g/mol. The maximum Gasteiger partial charge on any atom is 0.328 e. The Labute approximate surface area is 105 Å². The van der Waals surface area contributed by atoms with E-state index in [0.29, 0.717) is 21.8 Å². The zero-order valence-corrected chi connectivity index (χ0v) is 10.4. The van der Waals surface area contributed by atoms with Crippen molar-refractivity contribution in [3.63, 3.8) is 0 Å². The van der Waals surface area contributed by atoms with Gasteiger partial charge in [0.15, 0.2) is 0 Å². The van der Waals surface area contributed by atoms with Crippen LogP contribution in [-0.4, -0.2) is 17.0 Å². The molecule has 0 fully saturated rings. The second-order valence-electron chi connectivity index (χ2n) is 3.24. The van der Waals surface area contributed by atoms with E-state index in [1.165, 1.54) is 6.07 Å². The molecule has 0 unspecified atom stereocenters. The molecular formula is C11H9BrFNO3. The van der Waals surface area contributed by atoms with Gasteiger partial charge in [-0.15, -0.1) is 0 Å². The van der Waals surface area contributed by atoms with Gasteiger partial charge in [0.1, 0.15) is 5.82 Å². The molecule has 0 aliphatic rings. The fourth-order valence-electron chi connectivity index (χ4n) is 1.10. The molecule has 1 amide bonds. The Morgan fingerprint density at radius 1 is 1.41 bits per heavy atom. The quantitative estimate of drug-likeness (QED) is 0.843. The first kappa shape index (κ1) is 13.4. The Bertz CT molecular complexity index is 500. The van der Waals surface area contributed by atoms with Crippen LogP contribution in [-0.2, 0) is 9.59 Å². The van der Waals surface area contributed by atoms with Gasteiger partial charge >= 0.3 is 5.97 Å². The fraction of sp³-hybridized carbons (Fsp3) is 0.0909. The first-order valence-corrected chi connectivity index (χ1v) is 5.37. The van der Waals surface area contributed by atoms with Gasteiger partial charge in [0.25, 0.3) is 0 Å². The SMILES string of the molecule is Cc1cc(Br)c(F)cc1NC(=O)/C=C/C(=O)O. The van der Waals surface area contributed by atoms with Gasteiger partial charge in [-0.25, -0.2) is 9.18 Å². The Balaban J connectivity index is 2.85. The minimum atomic E-state index is -1.22. The van der Waals surface area contributed by atoms with Gasteiger partial charge in [0.05, 0.1) is 4.47 Å². The predicted octanol–water partition coefficient (Wildman–Crippen LogP) is 2.48. The Kier molecular flexibility index (Phi) is 4.39. The van der Waals surface area contributed by atoms with E-state index in [1.807, 2.05) is 0 Å². The van der Waals surface area contributed by atoms with Crippen molar-refractivity contribution in [1.29, 1.82) is 0 Å². The Hall–Kier alpha value is -1.69. The van der Waals surface area contributed by atoms with Crippen molar-refractivity contribution in [2.45, 2.75) is 6.92 Å². The molecule has 0 saturated heterocycles. The first-order valence-electron chi connectivity index (χ1n) is 4.58. The Morgan fingerprint density at radius 3 is 2.65 bits per heavy atom. The summed E-state index contributed by atoms with van der Waals surface area (Å²) >= 11 is 3.02. The molecule has 1 rings (SSSR count). The number of carboxylic acids is 1. The summed E-state index contributed by atoms with van der Waals surface area (Å²) in [5, 5.41) is 10.7. The molecule has 0 bridgehead atoms. The number of carboxylic acid groups (broad SMARTS) is 1. The van der Waals surface area contributed by atoms with E-state index >= 15 is 0 Å². The van der Waals surface area contributed by atoms with Crippen LogP contribution >= 0.6 is 15.9 Å². The predicted molar refractivity (Wildman–Crippen MR) is 64.2 cm³/mol. The maximum atomic E-state index is 13.2. The molecule has 1 aromatic carbocycles. The van der Waals surface area contributed by atoms with Gasteiger partial charge in [-0.1, -0.05) is 0 Å². The third-order valence-corrected chi connectivity index (χ3v) is 2.51. The molecule has 0 aromatic heterocycles. The summed E-state index contributed by atoms with van der Waals surface area (Å²) < 4.78 is 13.5. The van der Waals surface area contributed by atoms with E-state index in [9.17, 15) is 14.0 Å². The number of hydrogen-bond donors (Lipinski definition) is 2. The maximum absolute atomic E-state index is 13.2. The summed E-state index contributed by atoms with van der Waals surface area (Å²) in [5.41, 5.74) is 0.959. The number of carbonyl (C=O) groups excluding carboxylic acids is 1. The number of halogens is 2. The number of benzene rings is 1. The molecule has 0 radical (unpaired) electrons. The summed E-state index contributed by atoms with van der Waals surface area (Å²) in [6, 6.07) is 2.68. The monoisotopic (exact) mass is 301 g/mol. The van der Waals surface area contributed by atoms with Gasteiger partial charge in [-0.05, 0) is 40.5 Å². The highest BCUT2D eigenvalue weighted by Crippen LogP contribution is 2.23. The molecule has 0 heterocycles. The summed E-state index contributed by atoms with van der Waals surface area (Å²) in [6.45, 7) is 1.70. The van der Waals surface area contributed by atoms with E-state index in [4.69, 9.17) is 5.11 Å². The van der Waals surface area contributed by atoms with Crippen LogP contribution in [0.4, 0.5) is 10.1 Å². The van der Waals surface area contributed by atoms with E-state index in [2.05, 4.69) is 21.2 Å². The number of aliphatic carboxylic acids is 1. The van der Waals surface area contributed by atoms with Gasteiger partial charge in [-0.2, -0.15) is 0 Å². The molecule has 0 aliphatic carbocycles. The molecule has 0 aliphatic heterocycles. The summed E-state index contributed by atoms with van der Waals surface area (Å²) in [6.07, 6.45) is 1.57. The molecule has 0 spiro atoms. The van der Waals surface area contributed by atoms with Crippen molar-refractivity contribution < 1.29 is 19.1 Å². The van der Waals surface area contributed by atoms with Crippen molar-refractivity contribution in [2.75, 3.05) is 5.32 Å². The molecule has 90 valence electrons. The zero-order chi connectivity index (χ0) is 13.0. The van der Waals surface area contributed by atoms with Gasteiger partial charge in [0.2, 0.25) is 5.91 Å².